The second kappa shape index (κ2) is 5.32. The third-order valence-corrected chi connectivity index (χ3v) is 3.19. The number of halogens is 1. The van der Waals surface area contributed by atoms with E-state index in [4.69, 9.17) is 17.3 Å². The quantitative estimate of drug-likeness (QED) is 0.849. The highest BCUT2D eigenvalue weighted by atomic mass is 35.5. The summed E-state index contributed by atoms with van der Waals surface area (Å²) in [4.78, 5) is 2.15. The summed E-state index contributed by atoms with van der Waals surface area (Å²) in [5.74, 6) is 0. The van der Waals surface area contributed by atoms with Gasteiger partial charge < -0.3 is 10.6 Å². The molecule has 18 heavy (non-hydrogen) atoms. The zero-order valence-corrected chi connectivity index (χ0v) is 11.4. The van der Waals surface area contributed by atoms with Crippen LogP contribution in [0.15, 0.2) is 42.5 Å². The minimum absolute atomic E-state index is 0.763. The Kier molecular flexibility index (Phi) is 3.78. The van der Waals surface area contributed by atoms with Crippen LogP contribution < -0.4 is 10.6 Å². The van der Waals surface area contributed by atoms with Crippen LogP contribution in [0.4, 0.5) is 11.4 Å². The topological polar surface area (TPSA) is 29.3 Å². The van der Waals surface area contributed by atoms with E-state index in [1.165, 1.54) is 11.1 Å². The minimum Gasteiger partial charge on any atom is -0.397 e. The van der Waals surface area contributed by atoms with Crippen LogP contribution in [0.2, 0.25) is 5.02 Å². The molecule has 0 radical (unpaired) electrons. The molecule has 0 spiro atoms. The molecule has 0 saturated carbocycles. The Morgan fingerprint density at radius 2 is 1.89 bits per heavy atom. The number of hydrogen-bond donors (Lipinski definition) is 1. The van der Waals surface area contributed by atoms with Crippen LogP contribution in [-0.4, -0.2) is 7.05 Å². The summed E-state index contributed by atoms with van der Waals surface area (Å²) in [6.07, 6.45) is 0. The van der Waals surface area contributed by atoms with Gasteiger partial charge >= 0.3 is 0 Å². The van der Waals surface area contributed by atoms with E-state index in [0.29, 0.717) is 0 Å². The standard InChI is InChI=1S/C15H17ClN2/c1-11-5-3-8-14(17)15(11)18(2)10-12-6-4-7-13(16)9-12/h3-9H,10,17H2,1-2H3. The largest absolute Gasteiger partial charge is 0.397 e. The third-order valence-electron chi connectivity index (χ3n) is 2.96. The summed E-state index contributed by atoms with van der Waals surface area (Å²) in [6, 6.07) is 13.9. The molecule has 2 nitrogen and oxygen atoms in total. The summed E-state index contributed by atoms with van der Waals surface area (Å²) in [5.41, 5.74) is 10.3. The summed E-state index contributed by atoms with van der Waals surface area (Å²) in [7, 11) is 2.04. The van der Waals surface area contributed by atoms with Crippen molar-refractivity contribution in [1.82, 2.24) is 0 Å². The van der Waals surface area contributed by atoms with Gasteiger partial charge in [0.1, 0.15) is 0 Å². The van der Waals surface area contributed by atoms with Gasteiger partial charge in [-0.25, -0.2) is 0 Å². The molecule has 2 aromatic carbocycles. The molecule has 3 heteroatoms. The fourth-order valence-electron chi connectivity index (χ4n) is 2.19. The number of hydrogen-bond acceptors (Lipinski definition) is 2. The van der Waals surface area contributed by atoms with E-state index in [-0.39, 0.29) is 0 Å². The molecule has 0 bridgehead atoms. The van der Waals surface area contributed by atoms with Crippen LogP contribution in [0.25, 0.3) is 0 Å². The molecule has 0 saturated heterocycles. The molecule has 0 aliphatic rings. The first-order chi connectivity index (χ1) is 8.58. The van der Waals surface area contributed by atoms with E-state index >= 15 is 0 Å². The molecule has 0 amide bonds. The van der Waals surface area contributed by atoms with Gasteiger partial charge in [0.2, 0.25) is 0 Å². The number of nitrogens with zero attached hydrogens (tertiary/aromatic N) is 1. The van der Waals surface area contributed by atoms with E-state index in [2.05, 4.69) is 24.0 Å². The third kappa shape index (κ3) is 2.77. The number of rotatable bonds is 3. The number of nitrogen functional groups attached to an aromatic ring is 1. The second-order valence-electron chi connectivity index (χ2n) is 4.50. The van der Waals surface area contributed by atoms with E-state index in [1.807, 2.05) is 37.4 Å². The lowest BCUT2D eigenvalue weighted by atomic mass is 10.1. The van der Waals surface area contributed by atoms with Crippen molar-refractivity contribution in [2.75, 3.05) is 17.7 Å². The molecule has 2 rings (SSSR count). The van der Waals surface area contributed by atoms with Gasteiger partial charge in [0, 0.05) is 18.6 Å². The molecule has 2 aromatic rings. The molecular formula is C15H17ClN2. The monoisotopic (exact) mass is 260 g/mol. The SMILES string of the molecule is Cc1cccc(N)c1N(C)Cc1cccc(Cl)c1. The maximum atomic E-state index is 6.04. The van der Waals surface area contributed by atoms with Crippen molar-refractivity contribution in [3.05, 3.63) is 58.6 Å². The van der Waals surface area contributed by atoms with Gasteiger partial charge in [-0.05, 0) is 36.2 Å². The van der Waals surface area contributed by atoms with Gasteiger partial charge in [-0.1, -0.05) is 35.9 Å². The first-order valence-corrected chi connectivity index (χ1v) is 6.26. The molecule has 0 unspecified atom stereocenters. The minimum atomic E-state index is 0.763. The van der Waals surface area contributed by atoms with Crippen LogP contribution in [0.1, 0.15) is 11.1 Å². The fraction of sp³-hybridized carbons (Fsp3) is 0.200. The highest BCUT2D eigenvalue weighted by molar-refractivity contribution is 6.30. The second-order valence-corrected chi connectivity index (χ2v) is 4.94. The Morgan fingerprint density at radius 3 is 2.56 bits per heavy atom. The first-order valence-electron chi connectivity index (χ1n) is 5.88. The predicted molar refractivity (Wildman–Crippen MR) is 79.2 cm³/mol. The lowest BCUT2D eigenvalue weighted by Gasteiger charge is -2.23. The van der Waals surface area contributed by atoms with Gasteiger partial charge in [-0.15, -0.1) is 0 Å². The smallest absolute Gasteiger partial charge is 0.0630 e. The average molecular weight is 261 g/mol. The Morgan fingerprint density at radius 1 is 1.17 bits per heavy atom. The summed E-state index contributed by atoms with van der Waals surface area (Å²) in [6.45, 7) is 2.86. The fourth-order valence-corrected chi connectivity index (χ4v) is 2.40. The summed E-state index contributed by atoms with van der Waals surface area (Å²) >= 11 is 5.99. The normalized spacial score (nSPS) is 10.4. The van der Waals surface area contributed by atoms with Crippen molar-refractivity contribution < 1.29 is 0 Å². The van der Waals surface area contributed by atoms with Crippen LogP contribution in [-0.2, 0) is 6.54 Å². The zero-order valence-electron chi connectivity index (χ0n) is 10.7. The van der Waals surface area contributed by atoms with Gasteiger partial charge in [0.25, 0.3) is 0 Å². The van der Waals surface area contributed by atoms with Crippen LogP contribution in [0.3, 0.4) is 0 Å². The first kappa shape index (κ1) is 12.8. The lowest BCUT2D eigenvalue weighted by molar-refractivity contribution is 0.919. The molecule has 0 aliphatic carbocycles. The molecule has 0 heterocycles. The van der Waals surface area contributed by atoms with Gasteiger partial charge in [-0.3, -0.25) is 0 Å². The van der Waals surface area contributed by atoms with Crippen molar-refractivity contribution in [2.45, 2.75) is 13.5 Å². The molecule has 94 valence electrons. The molecule has 0 atom stereocenters. The highest BCUT2D eigenvalue weighted by Gasteiger charge is 2.08. The molecule has 0 aromatic heterocycles. The van der Waals surface area contributed by atoms with Crippen molar-refractivity contribution >= 4 is 23.0 Å². The van der Waals surface area contributed by atoms with E-state index in [0.717, 1.165) is 22.9 Å². The summed E-state index contributed by atoms with van der Waals surface area (Å²) < 4.78 is 0. The number of para-hydroxylation sites is 1. The number of nitrogens with two attached hydrogens (primary N) is 1. The Balaban J connectivity index is 2.25. The number of benzene rings is 2. The Labute approximate surface area is 113 Å². The van der Waals surface area contributed by atoms with E-state index in [9.17, 15) is 0 Å². The zero-order chi connectivity index (χ0) is 13.1. The van der Waals surface area contributed by atoms with Crippen LogP contribution in [0, 0.1) is 6.92 Å². The highest BCUT2D eigenvalue weighted by Crippen LogP contribution is 2.27. The van der Waals surface area contributed by atoms with Gasteiger partial charge in [0.15, 0.2) is 0 Å². The molecule has 2 N–H and O–H groups in total. The maximum absolute atomic E-state index is 6.04. The van der Waals surface area contributed by atoms with Crippen molar-refractivity contribution in [2.24, 2.45) is 0 Å². The van der Waals surface area contributed by atoms with Crippen LogP contribution in [0.5, 0.6) is 0 Å². The van der Waals surface area contributed by atoms with Crippen molar-refractivity contribution in [3.8, 4) is 0 Å². The maximum Gasteiger partial charge on any atom is 0.0630 e. The van der Waals surface area contributed by atoms with E-state index in [1.54, 1.807) is 0 Å². The molecular weight excluding hydrogens is 244 g/mol. The van der Waals surface area contributed by atoms with Gasteiger partial charge in [0.05, 0.1) is 11.4 Å². The number of anilines is 2. The lowest BCUT2D eigenvalue weighted by Crippen LogP contribution is -2.18. The molecule has 0 aliphatic heterocycles. The van der Waals surface area contributed by atoms with Crippen molar-refractivity contribution in [3.63, 3.8) is 0 Å². The Bertz CT molecular complexity index is 532. The van der Waals surface area contributed by atoms with Crippen LogP contribution >= 0.6 is 11.6 Å². The van der Waals surface area contributed by atoms with Crippen molar-refractivity contribution in [1.29, 1.82) is 0 Å². The van der Waals surface area contributed by atoms with E-state index < -0.39 is 0 Å². The predicted octanol–water partition coefficient (Wildman–Crippen LogP) is 3.87. The van der Waals surface area contributed by atoms with Gasteiger partial charge in [-0.2, -0.15) is 0 Å². The number of aryl methyl sites for hydroxylation is 1. The Hall–Kier alpha value is -1.67. The molecule has 0 fully saturated rings. The average Bonchev–Trinajstić information content (AvgIpc) is 2.28. The summed E-state index contributed by atoms with van der Waals surface area (Å²) in [5, 5.41) is 0.763.